The molecule has 4 fully saturated rings. The Morgan fingerprint density at radius 1 is 0.440 bits per heavy atom. The fraction of sp³-hybridized carbons (Fsp3) is 0.375. The highest BCUT2D eigenvalue weighted by atomic mass is 16.3. The fourth-order valence-corrected chi connectivity index (χ4v) is 13.4. The third kappa shape index (κ3) is 3.70. The third-order valence-corrected chi connectivity index (χ3v) is 15.0. The van der Waals surface area contributed by atoms with Crippen molar-refractivity contribution >= 4 is 43.7 Å². The molecule has 8 aliphatic carbocycles. The van der Waals surface area contributed by atoms with Gasteiger partial charge >= 0.3 is 0 Å². The van der Waals surface area contributed by atoms with Crippen LogP contribution in [0, 0.1) is 23.7 Å². The van der Waals surface area contributed by atoms with Crippen molar-refractivity contribution in [3.05, 3.63) is 113 Å². The molecule has 4 atom stereocenters. The Morgan fingerprint density at radius 3 is 1.68 bits per heavy atom. The molecule has 2 heteroatoms. The molecule has 246 valence electrons. The normalized spacial score (nSPS) is 30.4. The second-order valence-corrected chi connectivity index (χ2v) is 17.8. The number of aromatic nitrogens is 1. The van der Waals surface area contributed by atoms with Crippen LogP contribution in [0.2, 0.25) is 0 Å². The minimum Gasteiger partial charge on any atom is -0.455 e. The van der Waals surface area contributed by atoms with E-state index in [1.54, 1.807) is 22.3 Å². The van der Waals surface area contributed by atoms with Crippen molar-refractivity contribution in [1.82, 2.24) is 4.57 Å². The van der Waals surface area contributed by atoms with E-state index in [0.717, 1.165) is 58.5 Å². The van der Waals surface area contributed by atoms with Crippen LogP contribution in [0.25, 0.3) is 60.6 Å². The summed E-state index contributed by atoms with van der Waals surface area (Å²) in [5.74, 6) is 6.64. The van der Waals surface area contributed by atoms with Crippen LogP contribution in [0.1, 0.15) is 110 Å². The second kappa shape index (κ2) is 9.72. The largest absolute Gasteiger partial charge is 0.455 e. The van der Waals surface area contributed by atoms with Gasteiger partial charge in [0.15, 0.2) is 0 Å². The van der Waals surface area contributed by atoms with Crippen molar-refractivity contribution in [2.24, 2.45) is 23.7 Å². The van der Waals surface area contributed by atoms with Crippen molar-refractivity contribution in [2.45, 2.75) is 87.9 Å². The SMILES string of the molecule is c1ccc(-n2c3ccc(-c4cccc5c4oc4cc6c(cc45)C4CC5CC(CC6C5)C4)cc3c3cc4c(cc32)C2CC3CC(CC4C3)C2)cc1. The molecule has 8 bridgehead atoms. The number of para-hydroxylation sites is 2. The number of benzene rings is 5. The van der Waals surface area contributed by atoms with Crippen molar-refractivity contribution in [3.8, 4) is 16.8 Å². The Bertz CT molecular complexity index is 2540. The fourth-order valence-electron chi connectivity index (χ4n) is 13.4. The summed E-state index contributed by atoms with van der Waals surface area (Å²) in [7, 11) is 0. The van der Waals surface area contributed by atoms with Gasteiger partial charge in [-0.2, -0.15) is 0 Å². The molecule has 2 heterocycles. The van der Waals surface area contributed by atoms with Gasteiger partial charge in [0.1, 0.15) is 11.2 Å². The van der Waals surface area contributed by atoms with Crippen LogP contribution in [-0.2, 0) is 0 Å². The van der Waals surface area contributed by atoms with Crippen molar-refractivity contribution in [1.29, 1.82) is 0 Å². The highest BCUT2D eigenvalue weighted by Gasteiger charge is 2.44. The quantitative estimate of drug-likeness (QED) is 0.182. The lowest BCUT2D eigenvalue weighted by molar-refractivity contribution is 0.165. The summed E-state index contributed by atoms with van der Waals surface area (Å²) in [6, 6.07) is 35.5. The Kier molecular flexibility index (Phi) is 5.33. The molecule has 0 saturated heterocycles. The van der Waals surface area contributed by atoms with Gasteiger partial charge in [0.25, 0.3) is 0 Å². The van der Waals surface area contributed by atoms with Crippen molar-refractivity contribution in [2.75, 3.05) is 0 Å². The van der Waals surface area contributed by atoms with E-state index in [0.29, 0.717) is 0 Å². The van der Waals surface area contributed by atoms with Crippen LogP contribution < -0.4 is 0 Å². The summed E-state index contributed by atoms with van der Waals surface area (Å²) in [5, 5.41) is 5.36. The minimum atomic E-state index is 0.725. The first-order valence-electron chi connectivity index (χ1n) is 19.9. The molecule has 4 saturated carbocycles. The van der Waals surface area contributed by atoms with E-state index in [4.69, 9.17) is 4.42 Å². The van der Waals surface area contributed by atoms with Crippen molar-refractivity contribution < 1.29 is 4.42 Å². The zero-order valence-electron chi connectivity index (χ0n) is 28.7. The first-order chi connectivity index (χ1) is 24.7. The van der Waals surface area contributed by atoms with E-state index < -0.39 is 0 Å². The maximum atomic E-state index is 6.95. The van der Waals surface area contributed by atoms with Gasteiger partial charge < -0.3 is 8.98 Å². The average Bonchev–Trinajstić information content (AvgIpc) is 3.55. The number of fused-ring (bicyclic) bond motifs is 6. The number of hydrogen-bond acceptors (Lipinski definition) is 1. The molecule has 2 aromatic heterocycles. The van der Waals surface area contributed by atoms with Crippen LogP contribution in [-0.4, -0.2) is 4.57 Å². The lowest BCUT2D eigenvalue weighted by atomic mass is 9.67. The van der Waals surface area contributed by atoms with Gasteiger partial charge in [0.2, 0.25) is 0 Å². The van der Waals surface area contributed by atoms with E-state index in [1.807, 2.05) is 0 Å². The van der Waals surface area contributed by atoms with Gasteiger partial charge in [-0.3, -0.25) is 0 Å². The molecule has 50 heavy (non-hydrogen) atoms. The zero-order valence-corrected chi connectivity index (χ0v) is 28.7. The molecular weight excluding hydrogens is 607 g/mol. The lowest BCUT2D eigenvalue weighted by Crippen LogP contribution is -2.25. The summed E-state index contributed by atoms with van der Waals surface area (Å²) in [6.07, 6.45) is 14.1. The van der Waals surface area contributed by atoms with Gasteiger partial charge in [-0.15, -0.1) is 0 Å². The maximum absolute atomic E-state index is 6.95. The van der Waals surface area contributed by atoms with Crippen molar-refractivity contribution in [3.63, 3.8) is 0 Å². The summed E-state index contributed by atoms with van der Waals surface area (Å²) >= 11 is 0. The summed E-state index contributed by atoms with van der Waals surface area (Å²) in [4.78, 5) is 0. The molecule has 0 N–H and O–H groups in total. The molecule has 0 spiro atoms. The number of hydrogen-bond donors (Lipinski definition) is 0. The van der Waals surface area contributed by atoms with Crippen LogP contribution in [0.15, 0.2) is 95.4 Å². The maximum Gasteiger partial charge on any atom is 0.143 e. The summed E-state index contributed by atoms with van der Waals surface area (Å²) < 4.78 is 9.49. The molecule has 4 unspecified atom stereocenters. The van der Waals surface area contributed by atoms with Gasteiger partial charge in [-0.05, 0) is 188 Å². The predicted octanol–water partition coefficient (Wildman–Crippen LogP) is 13.1. The van der Waals surface area contributed by atoms with E-state index in [2.05, 4.69) is 95.6 Å². The van der Waals surface area contributed by atoms with E-state index >= 15 is 0 Å². The van der Waals surface area contributed by atoms with Crippen LogP contribution in [0.4, 0.5) is 0 Å². The smallest absolute Gasteiger partial charge is 0.143 e. The Hall–Kier alpha value is -4.30. The van der Waals surface area contributed by atoms with Gasteiger partial charge in [-0.25, -0.2) is 0 Å². The number of furan rings is 1. The molecule has 5 aromatic carbocycles. The topological polar surface area (TPSA) is 18.1 Å². The van der Waals surface area contributed by atoms with E-state index in [1.165, 1.54) is 114 Å². The number of rotatable bonds is 2. The van der Waals surface area contributed by atoms with Gasteiger partial charge in [0.05, 0.1) is 11.0 Å². The minimum absolute atomic E-state index is 0.725. The molecule has 0 amide bonds. The van der Waals surface area contributed by atoms with Crippen LogP contribution >= 0.6 is 0 Å². The third-order valence-electron chi connectivity index (χ3n) is 15.0. The summed E-state index contributed by atoms with van der Waals surface area (Å²) in [5.41, 5.74) is 15.1. The Morgan fingerprint density at radius 2 is 1.02 bits per heavy atom. The Balaban J connectivity index is 1.02. The molecule has 2 nitrogen and oxygen atoms in total. The predicted molar refractivity (Wildman–Crippen MR) is 205 cm³/mol. The molecule has 8 aliphatic rings. The van der Waals surface area contributed by atoms with Gasteiger partial charge in [0, 0.05) is 32.8 Å². The molecule has 0 radical (unpaired) electrons. The van der Waals surface area contributed by atoms with E-state index in [-0.39, 0.29) is 0 Å². The standard InChI is InChI=1S/C48H43NO/c1-2-5-35(6-3-1)49-45-10-9-30(21-42(45)43-22-38-31-13-26-11-27(14-31)18-33(17-26)40(38)24-46(43)49)36-7-4-8-37-44-23-39-32-15-28-12-29(16-32)20-34(19-28)41(39)25-47(44)50-48(36)37/h1-10,21-29,31-34H,11-20H2. The average molecular weight is 650 g/mol. The molecule has 7 aromatic rings. The first kappa shape index (κ1) is 27.4. The second-order valence-electron chi connectivity index (χ2n) is 17.8. The highest BCUT2D eigenvalue weighted by molar-refractivity contribution is 6.13. The monoisotopic (exact) mass is 649 g/mol. The van der Waals surface area contributed by atoms with Crippen LogP contribution in [0.5, 0.6) is 0 Å². The van der Waals surface area contributed by atoms with E-state index in [9.17, 15) is 0 Å². The van der Waals surface area contributed by atoms with Gasteiger partial charge in [-0.1, -0.05) is 42.5 Å². The zero-order chi connectivity index (χ0) is 32.2. The number of nitrogens with zero attached hydrogens (tertiary/aromatic N) is 1. The first-order valence-corrected chi connectivity index (χ1v) is 19.9. The lowest BCUT2D eigenvalue weighted by Gasteiger charge is -2.38. The highest BCUT2D eigenvalue weighted by Crippen LogP contribution is 2.58. The molecular formula is C48H43NO. The Labute approximate surface area is 293 Å². The molecule has 15 rings (SSSR count). The summed E-state index contributed by atoms with van der Waals surface area (Å²) in [6.45, 7) is 0. The molecule has 0 aliphatic heterocycles. The van der Waals surface area contributed by atoms with Crippen LogP contribution in [0.3, 0.4) is 0 Å².